The number of hydrazine groups is 1. The fourth-order valence-corrected chi connectivity index (χ4v) is 12.3. The van der Waals surface area contributed by atoms with Gasteiger partial charge in [0.25, 0.3) is 11.8 Å². The third-order valence-corrected chi connectivity index (χ3v) is 16.9. The van der Waals surface area contributed by atoms with Crippen molar-refractivity contribution in [3.8, 4) is 5.75 Å². The summed E-state index contributed by atoms with van der Waals surface area (Å²) in [6, 6.07) is 21.2. The molecule has 4 aromatic carbocycles. The maximum absolute atomic E-state index is 14.5. The van der Waals surface area contributed by atoms with Gasteiger partial charge in [-0.3, -0.25) is 54.0 Å². The van der Waals surface area contributed by atoms with Gasteiger partial charge in [0.05, 0.1) is 19.0 Å². The smallest absolute Gasteiger partial charge is 0.490 e. The van der Waals surface area contributed by atoms with E-state index in [1.165, 1.54) is 25.5 Å². The number of carboxylic acids is 2. The molecule has 29 heteroatoms. The monoisotopic (exact) mass is 1320 g/mol. The number of rotatable bonds is 29. The minimum atomic E-state index is -5.08. The molecule has 5 aromatic rings. The summed E-state index contributed by atoms with van der Waals surface area (Å²) in [5, 5.41) is 45.7. The summed E-state index contributed by atoms with van der Waals surface area (Å²) >= 11 is 0. The number of nitrogens with two attached hydrogens (primary N) is 1. The van der Waals surface area contributed by atoms with E-state index in [0.29, 0.717) is 46.9 Å². The van der Waals surface area contributed by atoms with Crippen LogP contribution in [-0.2, 0) is 78.4 Å². The van der Waals surface area contributed by atoms with Crippen LogP contribution in [0.15, 0.2) is 115 Å². The molecule has 4 aliphatic carbocycles. The van der Waals surface area contributed by atoms with E-state index in [0.717, 1.165) is 36.6 Å². The van der Waals surface area contributed by atoms with Crippen LogP contribution >= 0.6 is 0 Å². The molecule has 4 saturated carbocycles. The second-order valence-electron chi connectivity index (χ2n) is 24.2. The van der Waals surface area contributed by atoms with Gasteiger partial charge in [0.2, 0.25) is 35.4 Å². The number of ether oxygens (including phenoxy) is 1. The lowest BCUT2D eigenvalue weighted by Gasteiger charge is -2.53. The van der Waals surface area contributed by atoms with Gasteiger partial charge in [-0.25, -0.2) is 9.59 Å². The average molecular weight is 1320 g/mol. The standard InChI is InChI=1S/C64H79N11O13.C2HF3O2/c1-3-4-18-49(70-60(83)52(32-44-34-66-48-19-12-11-17-46(44)48)73-64(87)88-56-42-25-40-24-41(27-42)28-43(56)26-40)59(82)72-53(33-55(78)79)61(84)71-51(31-38-15-9-6-10-16-38)63(86)75-74-62(85)50(30-37-13-7-5-8-14-37)69-54(77)35-67-57(80)36(2)68-58(81)47(65)29-39-20-22-45(76)23-21-39;3-2(4,5)1(6)7/h5-17,19-23,34,36,40-43,47,49-53,56,66,76H,3-4,18,24-33,35,65H2,1-2H3,(H,67,80)(H,68,81)(H,69,77)(H,70,83)(H,71,84)(H,72,82)(H,73,87)(H,74,85)(H,75,86)(H,78,79);(H,6,7)/t36-,40?,41?,42?,43?,47+,49+,50+,51+,52-,53+,56?;/m1./s1. The molecular formula is C66H80F3N11O15. The van der Waals surface area contributed by atoms with Gasteiger partial charge in [-0.2, -0.15) is 13.2 Å². The van der Waals surface area contributed by atoms with Crippen molar-refractivity contribution in [1.82, 2.24) is 53.1 Å². The topological polar surface area (TPSA) is 408 Å². The normalized spacial score (nSPS) is 19.0. The number of alkyl carbamates (subject to hydrolysis) is 1. The van der Waals surface area contributed by atoms with Crippen molar-refractivity contribution in [2.24, 2.45) is 29.4 Å². The van der Waals surface area contributed by atoms with Crippen LogP contribution in [0, 0.1) is 23.7 Å². The van der Waals surface area contributed by atoms with Gasteiger partial charge in [0, 0.05) is 36.4 Å². The van der Waals surface area contributed by atoms with Crippen LogP contribution in [0.2, 0.25) is 0 Å². The van der Waals surface area contributed by atoms with E-state index in [4.69, 9.17) is 20.4 Å². The molecule has 0 unspecified atom stereocenters. The highest BCUT2D eigenvalue weighted by Gasteiger charge is 2.50. The number of alkyl halides is 3. The first-order valence-electron chi connectivity index (χ1n) is 31.3. The SMILES string of the molecule is CCCC[C@H](NC(=O)[C@@H](Cc1c[nH]c2ccccc12)NC(=O)OC1C2CC3CC(C2)CC1C3)C(=O)N[C@@H](CC(=O)O)C(=O)N[C@@H](Cc1ccccc1)C(=O)NNC(=O)[C@H](Cc1ccccc1)NC(=O)CNC(=O)[C@@H](C)NC(=O)[C@@H](N)Cc1ccc(O)cc1.O=C(O)C(F)(F)F. The molecule has 9 rings (SSSR count). The van der Waals surface area contributed by atoms with Crippen LogP contribution < -0.4 is 53.8 Å². The number of H-pyrrole nitrogens is 1. The van der Waals surface area contributed by atoms with Crippen LogP contribution in [0.3, 0.4) is 0 Å². The van der Waals surface area contributed by atoms with Crippen molar-refractivity contribution in [1.29, 1.82) is 0 Å². The number of amides is 9. The number of benzene rings is 4. The quantitative estimate of drug-likeness (QED) is 0.0305. The van der Waals surface area contributed by atoms with Gasteiger partial charge in [-0.1, -0.05) is 111 Å². The first-order chi connectivity index (χ1) is 45.2. The van der Waals surface area contributed by atoms with Crippen molar-refractivity contribution in [3.05, 3.63) is 138 Å². The van der Waals surface area contributed by atoms with Gasteiger partial charge in [0.1, 0.15) is 48.1 Å². The lowest BCUT2D eigenvalue weighted by Crippen LogP contribution is -2.61. The molecule has 7 atom stereocenters. The largest absolute Gasteiger partial charge is 0.508 e. The van der Waals surface area contributed by atoms with Gasteiger partial charge in [-0.15, -0.1) is 0 Å². The van der Waals surface area contributed by atoms with Gasteiger partial charge in [0.15, 0.2) is 0 Å². The number of aromatic amines is 1. The van der Waals surface area contributed by atoms with E-state index in [1.807, 2.05) is 31.2 Å². The zero-order chi connectivity index (χ0) is 68.9. The van der Waals surface area contributed by atoms with E-state index in [1.54, 1.807) is 79.0 Å². The van der Waals surface area contributed by atoms with E-state index in [2.05, 4.69) is 53.1 Å². The second kappa shape index (κ2) is 34.2. The van der Waals surface area contributed by atoms with E-state index in [9.17, 15) is 71.3 Å². The number of aromatic hydroxyl groups is 1. The second-order valence-corrected chi connectivity index (χ2v) is 24.2. The molecule has 0 radical (unpaired) electrons. The number of carbonyl (C=O) groups is 11. The molecule has 4 bridgehead atoms. The van der Waals surface area contributed by atoms with Crippen LogP contribution in [0.5, 0.6) is 5.75 Å². The summed E-state index contributed by atoms with van der Waals surface area (Å²) in [6.45, 7) is 2.63. The van der Waals surface area contributed by atoms with Crippen LogP contribution in [0.25, 0.3) is 10.9 Å². The molecule has 510 valence electrons. The minimum Gasteiger partial charge on any atom is -0.508 e. The number of nitrogens with one attached hydrogen (secondary N) is 10. The van der Waals surface area contributed by atoms with Crippen molar-refractivity contribution in [3.63, 3.8) is 0 Å². The van der Waals surface area contributed by atoms with Gasteiger partial charge in [-0.05, 0) is 116 Å². The van der Waals surface area contributed by atoms with Gasteiger partial charge < -0.3 is 68.0 Å². The number of unbranched alkanes of at least 4 members (excludes halogenated alkanes) is 1. The number of hydrogen-bond acceptors (Lipinski definition) is 14. The Balaban J connectivity index is 0.00000172. The van der Waals surface area contributed by atoms with Gasteiger partial charge >= 0.3 is 24.2 Å². The first kappa shape index (κ1) is 72.4. The number of fused-ring (bicyclic) bond motifs is 1. The molecule has 15 N–H and O–H groups in total. The fraction of sp³-hybridized carbons (Fsp3) is 0.439. The Morgan fingerprint density at radius 2 is 1.07 bits per heavy atom. The van der Waals surface area contributed by atoms with Crippen molar-refractivity contribution in [2.75, 3.05) is 6.54 Å². The Hall–Kier alpha value is -10.1. The Morgan fingerprint density at radius 3 is 1.63 bits per heavy atom. The average Bonchev–Trinajstić information content (AvgIpc) is 1.38. The Bertz CT molecular complexity index is 3480. The number of halogens is 3. The third kappa shape index (κ3) is 22.0. The van der Waals surface area contributed by atoms with Crippen LogP contribution in [0.1, 0.15) is 93.9 Å². The number of phenols is 1. The molecule has 26 nitrogen and oxygen atoms in total. The molecule has 95 heavy (non-hydrogen) atoms. The van der Waals surface area contributed by atoms with Crippen molar-refractivity contribution in [2.45, 2.75) is 152 Å². The molecule has 4 fully saturated rings. The Kier molecular flexibility index (Phi) is 26.1. The minimum absolute atomic E-state index is 0.0112. The number of para-hydroxylation sites is 1. The predicted molar refractivity (Wildman–Crippen MR) is 336 cm³/mol. The highest BCUT2D eigenvalue weighted by molar-refractivity contribution is 5.98. The summed E-state index contributed by atoms with van der Waals surface area (Å²) in [4.78, 5) is 149. The van der Waals surface area contributed by atoms with Crippen molar-refractivity contribution < 1.29 is 86.0 Å². The molecule has 0 spiro atoms. The predicted octanol–water partition coefficient (Wildman–Crippen LogP) is 3.40. The Labute approximate surface area is 544 Å². The van der Waals surface area contributed by atoms with Crippen LogP contribution in [-0.4, -0.2) is 147 Å². The summed E-state index contributed by atoms with van der Waals surface area (Å²) in [5.74, 6) is -9.24. The molecule has 1 heterocycles. The lowest BCUT2D eigenvalue weighted by atomic mass is 9.55. The van der Waals surface area contributed by atoms with E-state index in [-0.39, 0.29) is 55.8 Å². The van der Waals surface area contributed by atoms with Crippen LogP contribution in [0.4, 0.5) is 18.0 Å². The number of carbonyl (C=O) groups excluding carboxylic acids is 9. The summed E-state index contributed by atoms with van der Waals surface area (Å²) in [7, 11) is 0. The molecule has 0 aliphatic heterocycles. The number of carboxylic acid groups (broad SMARTS) is 2. The highest BCUT2D eigenvalue weighted by Crippen LogP contribution is 2.54. The number of hydrogen-bond donors (Lipinski definition) is 14. The third-order valence-electron chi connectivity index (χ3n) is 16.9. The number of aromatic nitrogens is 1. The lowest BCUT2D eigenvalue weighted by molar-refractivity contribution is -0.192. The number of phenolic OH excluding ortho intramolecular Hbond substituents is 1. The zero-order valence-corrected chi connectivity index (χ0v) is 52.2. The first-order valence-corrected chi connectivity index (χ1v) is 31.3. The zero-order valence-electron chi connectivity index (χ0n) is 52.2. The highest BCUT2D eigenvalue weighted by atomic mass is 19.4. The summed E-state index contributed by atoms with van der Waals surface area (Å²) < 4.78 is 37.9. The molecule has 4 aliphatic rings. The molecule has 9 amide bonds. The maximum Gasteiger partial charge on any atom is 0.490 e. The summed E-state index contributed by atoms with van der Waals surface area (Å²) in [5.41, 5.74) is 14.0. The van der Waals surface area contributed by atoms with E-state index >= 15 is 0 Å². The van der Waals surface area contributed by atoms with E-state index < -0.39 is 127 Å². The fourth-order valence-electron chi connectivity index (χ4n) is 12.3. The maximum atomic E-state index is 14.5. The molecular weight excluding hydrogens is 1240 g/mol. The Morgan fingerprint density at radius 1 is 0.579 bits per heavy atom. The molecule has 1 aromatic heterocycles. The molecule has 0 saturated heterocycles. The summed E-state index contributed by atoms with van der Waals surface area (Å²) in [6.07, 6.45) is 0.802. The van der Waals surface area contributed by atoms with Crippen molar-refractivity contribution >= 4 is 76.2 Å². The number of aliphatic carboxylic acids is 2.